The van der Waals surface area contributed by atoms with Crippen molar-refractivity contribution in [1.29, 1.82) is 0 Å². The van der Waals surface area contributed by atoms with Crippen molar-refractivity contribution in [3.8, 4) is 11.5 Å². The van der Waals surface area contributed by atoms with Gasteiger partial charge in [-0.1, -0.05) is 12.8 Å². The van der Waals surface area contributed by atoms with Crippen molar-refractivity contribution < 1.29 is 14.3 Å². The van der Waals surface area contributed by atoms with Gasteiger partial charge >= 0.3 is 0 Å². The number of fused-ring (bicyclic) bond motifs is 1. The molecule has 1 aromatic heterocycles. The van der Waals surface area contributed by atoms with Gasteiger partial charge in [0.15, 0.2) is 11.5 Å². The van der Waals surface area contributed by atoms with Gasteiger partial charge in [-0.3, -0.25) is 4.79 Å². The fourth-order valence-electron chi connectivity index (χ4n) is 5.46. The Bertz CT molecular complexity index is 1020. The summed E-state index contributed by atoms with van der Waals surface area (Å²) in [4.78, 5) is 24.5. The summed E-state index contributed by atoms with van der Waals surface area (Å²) in [7, 11) is 3.29. The zero-order chi connectivity index (χ0) is 22.8. The highest BCUT2D eigenvalue weighted by Gasteiger charge is 2.43. The Balaban J connectivity index is 1.43. The molecule has 2 aromatic rings. The summed E-state index contributed by atoms with van der Waals surface area (Å²) in [5, 5.41) is 6.83. The number of amides is 1. The van der Waals surface area contributed by atoms with E-state index in [9.17, 15) is 4.79 Å². The number of piperidine rings is 1. The molecule has 2 fully saturated rings. The Morgan fingerprint density at radius 1 is 0.909 bits per heavy atom. The van der Waals surface area contributed by atoms with Crippen LogP contribution in [0.5, 0.6) is 11.5 Å². The minimum atomic E-state index is 0.00910. The molecular weight excluding hydrogens is 418 g/mol. The highest BCUT2D eigenvalue weighted by Crippen LogP contribution is 2.40. The number of hydrazone groups is 1. The molecule has 1 aliphatic carbocycles. The summed E-state index contributed by atoms with van der Waals surface area (Å²) in [6.07, 6.45) is 9.41. The molecular formula is C25H31N5O3. The number of carbonyl (C=O) groups excluding carboxylic acids is 1. The number of benzene rings is 1. The molecule has 3 aliphatic rings. The molecule has 2 aliphatic heterocycles. The normalized spacial score (nSPS) is 23.7. The van der Waals surface area contributed by atoms with Crippen LogP contribution in [0, 0.1) is 11.8 Å². The zero-order valence-corrected chi connectivity index (χ0v) is 19.3. The van der Waals surface area contributed by atoms with E-state index >= 15 is 0 Å². The molecule has 8 nitrogen and oxygen atoms in total. The van der Waals surface area contributed by atoms with Gasteiger partial charge in [-0.15, -0.1) is 0 Å². The third kappa shape index (κ3) is 4.14. The maximum atomic E-state index is 13.5. The van der Waals surface area contributed by atoms with Crippen LogP contribution in [0.1, 0.15) is 44.1 Å². The maximum absolute atomic E-state index is 13.5. The largest absolute Gasteiger partial charge is 0.493 e. The summed E-state index contributed by atoms with van der Waals surface area (Å²) in [5.41, 5.74) is 2.02. The van der Waals surface area contributed by atoms with Crippen LogP contribution < -0.4 is 14.4 Å². The molecule has 1 saturated heterocycles. The molecule has 0 radical (unpaired) electrons. The van der Waals surface area contributed by atoms with Crippen LogP contribution in [0.3, 0.4) is 0 Å². The van der Waals surface area contributed by atoms with E-state index in [4.69, 9.17) is 14.6 Å². The third-order valence-electron chi connectivity index (χ3n) is 7.20. The number of hydrogen-bond acceptors (Lipinski definition) is 7. The number of anilines is 1. The average Bonchev–Trinajstić information content (AvgIpc) is 2.89. The van der Waals surface area contributed by atoms with E-state index in [1.165, 1.54) is 0 Å². The Morgan fingerprint density at radius 2 is 1.61 bits per heavy atom. The van der Waals surface area contributed by atoms with E-state index in [0.717, 1.165) is 68.8 Å². The Kier molecular flexibility index (Phi) is 6.15. The van der Waals surface area contributed by atoms with Crippen molar-refractivity contribution in [3.63, 3.8) is 0 Å². The van der Waals surface area contributed by atoms with Gasteiger partial charge < -0.3 is 14.4 Å². The van der Waals surface area contributed by atoms with Crippen molar-refractivity contribution in [1.82, 2.24) is 15.0 Å². The van der Waals surface area contributed by atoms with Gasteiger partial charge in [-0.2, -0.15) is 5.10 Å². The highest BCUT2D eigenvalue weighted by molar-refractivity contribution is 6.07. The van der Waals surface area contributed by atoms with Crippen LogP contribution in [0.15, 0.2) is 41.8 Å². The lowest BCUT2D eigenvalue weighted by molar-refractivity contribution is -0.141. The van der Waals surface area contributed by atoms with Crippen LogP contribution >= 0.6 is 0 Å². The van der Waals surface area contributed by atoms with Crippen molar-refractivity contribution >= 4 is 17.6 Å². The van der Waals surface area contributed by atoms with E-state index in [-0.39, 0.29) is 23.8 Å². The smallest absolute Gasteiger partial charge is 0.246 e. The van der Waals surface area contributed by atoms with Crippen LogP contribution in [-0.2, 0) is 4.79 Å². The second-order valence-corrected chi connectivity index (χ2v) is 9.00. The number of rotatable bonds is 5. The molecule has 33 heavy (non-hydrogen) atoms. The monoisotopic (exact) mass is 449 g/mol. The molecule has 2 unspecified atom stereocenters. The minimum absolute atomic E-state index is 0.00910. The van der Waals surface area contributed by atoms with Crippen molar-refractivity contribution in [2.24, 2.45) is 16.9 Å². The Morgan fingerprint density at radius 3 is 2.30 bits per heavy atom. The van der Waals surface area contributed by atoms with Gasteiger partial charge in [-0.25, -0.2) is 15.0 Å². The zero-order valence-electron chi connectivity index (χ0n) is 19.3. The van der Waals surface area contributed by atoms with E-state index in [0.29, 0.717) is 11.5 Å². The molecule has 8 heteroatoms. The maximum Gasteiger partial charge on any atom is 0.246 e. The SMILES string of the molecule is COc1ccc(C2=NN(C3CCN(c4ncccn4)CC3)C(=O)C3CCCCC23)cc1OC. The van der Waals surface area contributed by atoms with Gasteiger partial charge in [0.1, 0.15) is 0 Å². The summed E-state index contributed by atoms with van der Waals surface area (Å²) in [6, 6.07) is 7.87. The number of aromatic nitrogens is 2. The molecule has 1 saturated carbocycles. The number of nitrogens with zero attached hydrogens (tertiary/aromatic N) is 5. The lowest BCUT2D eigenvalue weighted by Gasteiger charge is -2.43. The van der Waals surface area contributed by atoms with Gasteiger partial charge in [-0.05, 0) is 49.9 Å². The fraction of sp³-hybridized carbons (Fsp3) is 0.520. The first-order valence-corrected chi connectivity index (χ1v) is 11.9. The van der Waals surface area contributed by atoms with E-state index in [1.807, 2.05) is 29.3 Å². The molecule has 1 aromatic carbocycles. The number of ether oxygens (including phenoxy) is 2. The van der Waals surface area contributed by atoms with Gasteiger partial charge in [0.25, 0.3) is 0 Å². The first-order valence-electron chi connectivity index (χ1n) is 11.9. The molecule has 3 heterocycles. The Hall–Kier alpha value is -3.16. The summed E-state index contributed by atoms with van der Waals surface area (Å²) in [6.45, 7) is 1.63. The lowest BCUT2D eigenvalue weighted by atomic mass is 9.73. The predicted octanol–water partition coefficient (Wildman–Crippen LogP) is 3.52. The molecule has 0 N–H and O–H groups in total. The second-order valence-electron chi connectivity index (χ2n) is 9.00. The van der Waals surface area contributed by atoms with Crippen LogP contribution in [-0.4, -0.2) is 59.9 Å². The molecule has 5 rings (SSSR count). The summed E-state index contributed by atoms with van der Waals surface area (Å²) >= 11 is 0. The van der Waals surface area contributed by atoms with Gasteiger partial charge in [0.2, 0.25) is 11.9 Å². The van der Waals surface area contributed by atoms with E-state index in [1.54, 1.807) is 26.6 Å². The van der Waals surface area contributed by atoms with Crippen LogP contribution in [0.2, 0.25) is 0 Å². The topological polar surface area (TPSA) is 80.2 Å². The quantitative estimate of drug-likeness (QED) is 0.695. The van der Waals surface area contributed by atoms with Crippen molar-refractivity contribution in [2.45, 2.75) is 44.6 Å². The molecule has 1 amide bonds. The molecule has 0 spiro atoms. The first-order chi connectivity index (χ1) is 16.2. The summed E-state index contributed by atoms with van der Waals surface area (Å²) in [5.74, 6) is 2.50. The van der Waals surface area contributed by atoms with Gasteiger partial charge in [0, 0.05) is 42.9 Å². The molecule has 0 bridgehead atoms. The van der Waals surface area contributed by atoms with Crippen molar-refractivity contribution in [2.75, 3.05) is 32.2 Å². The van der Waals surface area contributed by atoms with E-state index in [2.05, 4.69) is 14.9 Å². The predicted molar refractivity (Wildman–Crippen MR) is 126 cm³/mol. The summed E-state index contributed by atoms with van der Waals surface area (Å²) < 4.78 is 11.0. The Labute approximate surface area is 194 Å². The minimum Gasteiger partial charge on any atom is -0.493 e. The number of hydrogen-bond donors (Lipinski definition) is 0. The molecule has 174 valence electrons. The van der Waals surface area contributed by atoms with E-state index < -0.39 is 0 Å². The second kappa shape index (κ2) is 9.37. The first kappa shape index (κ1) is 21.7. The van der Waals surface area contributed by atoms with Crippen LogP contribution in [0.4, 0.5) is 5.95 Å². The average molecular weight is 450 g/mol. The van der Waals surface area contributed by atoms with Crippen molar-refractivity contribution in [3.05, 3.63) is 42.2 Å². The van der Waals surface area contributed by atoms with Gasteiger partial charge in [0.05, 0.1) is 26.0 Å². The van der Waals surface area contributed by atoms with Crippen LogP contribution in [0.25, 0.3) is 0 Å². The highest BCUT2D eigenvalue weighted by atomic mass is 16.5. The fourth-order valence-corrected chi connectivity index (χ4v) is 5.46. The standard InChI is InChI=1S/C25H31N5O3/c1-32-21-9-8-17(16-22(21)33-2)23-19-6-3-4-7-20(19)24(31)30(28-23)18-10-14-29(15-11-18)25-26-12-5-13-27-25/h5,8-9,12-13,16,18-20H,3-4,6-7,10-11,14-15H2,1-2H3. The molecule has 2 atom stereocenters. The number of carbonyl (C=O) groups is 1. The number of methoxy groups -OCH3 is 2. The third-order valence-corrected chi connectivity index (χ3v) is 7.20. The lowest BCUT2D eigenvalue weighted by Crippen LogP contribution is -2.52.